The molecule has 0 aromatic heterocycles. The molecule has 0 heterocycles. The average Bonchev–Trinajstić information content (AvgIpc) is 2.40. The van der Waals surface area contributed by atoms with Crippen molar-refractivity contribution in [1.29, 1.82) is 5.26 Å². The van der Waals surface area contributed by atoms with Crippen LogP contribution < -0.4 is 5.32 Å². The average molecular weight is 275 g/mol. The monoisotopic (exact) mass is 274 g/mol. The van der Waals surface area contributed by atoms with Crippen LogP contribution >= 0.6 is 11.6 Å². The van der Waals surface area contributed by atoms with Crippen LogP contribution in [0.25, 0.3) is 0 Å². The van der Waals surface area contributed by atoms with Crippen LogP contribution in [0.1, 0.15) is 16.7 Å². The minimum Gasteiger partial charge on any atom is -0.380 e. The zero-order valence-corrected chi connectivity index (χ0v) is 11.1. The summed E-state index contributed by atoms with van der Waals surface area (Å²) in [6.07, 6.45) is 0. The van der Waals surface area contributed by atoms with Crippen LogP contribution in [0.2, 0.25) is 5.02 Å². The van der Waals surface area contributed by atoms with Gasteiger partial charge in [0.2, 0.25) is 0 Å². The summed E-state index contributed by atoms with van der Waals surface area (Å²) in [7, 11) is 0. The van der Waals surface area contributed by atoms with Gasteiger partial charge in [0.15, 0.2) is 0 Å². The van der Waals surface area contributed by atoms with Crippen molar-refractivity contribution >= 4 is 17.3 Å². The summed E-state index contributed by atoms with van der Waals surface area (Å²) >= 11 is 6.10. The van der Waals surface area contributed by atoms with Crippen LogP contribution in [0.5, 0.6) is 0 Å². The highest BCUT2D eigenvalue weighted by Crippen LogP contribution is 2.25. The van der Waals surface area contributed by atoms with Crippen molar-refractivity contribution < 1.29 is 4.39 Å². The molecule has 0 aliphatic heterocycles. The van der Waals surface area contributed by atoms with Crippen LogP contribution in [0.4, 0.5) is 10.1 Å². The third-order valence-corrected chi connectivity index (χ3v) is 3.16. The second-order valence-corrected chi connectivity index (χ2v) is 4.62. The standard InChI is InChI=1S/C15H12ClFN2/c1-10-3-2-4-13(16)15(10)19-9-11-5-6-14(17)12(7-11)8-18/h2-7,19H,9H2,1H3. The zero-order valence-electron chi connectivity index (χ0n) is 10.4. The van der Waals surface area contributed by atoms with Gasteiger partial charge >= 0.3 is 0 Å². The molecular formula is C15H12ClFN2. The first-order chi connectivity index (χ1) is 9.11. The summed E-state index contributed by atoms with van der Waals surface area (Å²) in [5, 5.41) is 12.6. The number of hydrogen-bond acceptors (Lipinski definition) is 2. The van der Waals surface area contributed by atoms with E-state index in [4.69, 9.17) is 16.9 Å². The van der Waals surface area contributed by atoms with E-state index in [1.54, 1.807) is 6.07 Å². The highest BCUT2D eigenvalue weighted by Gasteiger charge is 2.05. The van der Waals surface area contributed by atoms with Crippen molar-refractivity contribution in [3.63, 3.8) is 0 Å². The SMILES string of the molecule is Cc1cccc(Cl)c1NCc1ccc(F)c(C#N)c1. The molecule has 0 unspecified atom stereocenters. The molecule has 2 nitrogen and oxygen atoms in total. The van der Waals surface area contributed by atoms with Gasteiger partial charge in [-0.3, -0.25) is 0 Å². The molecule has 2 rings (SSSR count). The molecule has 96 valence electrons. The van der Waals surface area contributed by atoms with Crippen molar-refractivity contribution in [1.82, 2.24) is 0 Å². The normalized spacial score (nSPS) is 10.0. The number of nitriles is 1. The predicted octanol–water partition coefficient (Wildman–Crippen LogP) is 4.27. The molecule has 0 saturated carbocycles. The first-order valence-corrected chi connectivity index (χ1v) is 6.17. The summed E-state index contributed by atoms with van der Waals surface area (Å²) < 4.78 is 13.2. The summed E-state index contributed by atoms with van der Waals surface area (Å²) in [4.78, 5) is 0. The number of para-hydroxylation sites is 1. The first-order valence-electron chi connectivity index (χ1n) is 5.79. The lowest BCUT2D eigenvalue weighted by Crippen LogP contribution is -2.02. The van der Waals surface area contributed by atoms with Crippen molar-refractivity contribution in [3.05, 3.63) is 63.9 Å². The topological polar surface area (TPSA) is 35.8 Å². The number of hydrogen-bond donors (Lipinski definition) is 1. The number of nitrogens with zero attached hydrogens (tertiary/aromatic N) is 1. The van der Waals surface area contributed by atoms with Gasteiger partial charge < -0.3 is 5.32 Å². The molecular weight excluding hydrogens is 263 g/mol. The largest absolute Gasteiger partial charge is 0.380 e. The molecule has 0 saturated heterocycles. The molecule has 2 aromatic rings. The minimum absolute atomic E-state index is 0.0511. The second kappa shape index (κ2) is 5.73. The molecule has 0 radical (unpaired) electrons. The number of halogens is 2. The van der Waals surface area contributed by atoms with E-state index < -0.39 is 5.82 Å². The Bertz CT molecular complexity index is 627. The van der Waals surface area contributed by atoms with E-state index in [1.165, 1.54) is 12.1 Å². The third-order valence-electron chi connectivity index (χ3n) is 2.84. The van der Waals surface area contributed by atoms with Crippen molar-refractivity contribution in [3.8, 4) is 6.07 Å². The van der Waals surface area contributed by atoms with Crippen LogP contribution in [-0.4, -0.2) is 0 Å². The Morgan fingerprint density at radius 3 is 2.79 bits per heavy atom. The minimum atomic E-state index is -0.500. The van der Waals surface area contributed by atoms with Gasteiger partial charge in [-0.05, 0) is 36.2 Å². The molecule has 19 heavy (non-hydrogen) atoms. The summed E-state index contributed by atoms with van der Waals surface area (Å²) in [5.41, 5.74) is 2.77. The number of rotatable bonds is 3. The van der Waals surface area contributed by atoms with Crippen LogP contribution in [0, 0.1) is 24.1 Å². The van der Waals surface area contributed by atoms with Gasteiger partial charge in [-0.25, -0.2) is 4.39 Å². The summed E-state index contributed by atoms with van der Waals surface area (Å²) in [6.45, 7) is 2.44. The Labute approximate surface area is 116 Å². The lowest BCUT2D eigenvalue weighted by Gasteiger charge is -2.11. The predicted molar refractivity (Wildman–Crippen MR) is 74.6 cm³/mol. The lowest BCUT2D eigenvalue weighted by molar-refractivity contribution is 0.623. The molecule has 1 N–H and O–H groups in total. The van der Waals surface area contributed by atoms with Gasteiger partial charge in [-0.2, -0.15) is 5.26 Å². The Morgan fingerprint density at radius 1 is 1.32 bits per heavy atom. The second-order valence-electron chi connectivity index (χ2n) is 4.21. The van der Waals surface area contributed by atoms with E-state index in [1.807, 2.05) is 31.2 Å². The molecule has 2 aromatic carbocycles. The van der Waals surface area contributed by atoms with Gasteiger partial charge in [-0.1, -0.05) is 29.8 Å². The van der Waals surface area contributed by atoms with Crippen molar-refractivity contribution in [2.24, 2.45) is 0 Å². The van der Waals surface area contributed by atoms with Crippen LogP contribution in [-0.2, 0) is 6.54 Å². The van der Waals surface area contributed by atoms with Gasteiger partial charge in [0.05, 0.1) is 16.3 Å². The van der Waals surface area contributed by atoms with E-state index in [0.717, 1.165) is 16.8 Å². The Hall–Kier alpha value is -2.05. The van der Waals surface area contributed by atoms with Crippen molar-refractivity contribution in [2.45, 2.75) is 13.5 Å². The smallest absolute Gasteiger partial charge is 0.140 e. The maximum atomic E-state index is 13.2. The molecule has 0 spiro atoms. The van der Waals surface area contributed by atoms with E-state index in [-0.39, 0.29) is 5.56 Å². The fourth-order valence-corrected chi connectivity index (χ4v) is 2.10. The molecule has 0 fully saturated rings. The molecule has 0 aliphatic carbocycles. The number of benzene rings is 2. The quantitative estimate of drug-likeness (QED) is 0.907. The van der Waals surface area contributed by atoms with E-state index in [2.05, 4.69) is 5.32 Å². The molecule has 0 bridgehead atoms. The first kappa shape index (κ1) is 13.4. The number of nitrogens with one attached hydrogen (secondary N) is 1. The lowest BCUT2D eigenvalue weighted by atomic mass is 10.1. The van der Waals surface area contributed by atoms with Crippen LogP contribution in [0.3, 0.4) is 0 Å². The third kappa shape index (κ3) is 3.04. The number of anilines is 1. The molecule has 4 heteroatoms. The fourth-order valence-electron chi connectivity index (χ4n) is 1.81. The Morgan fingerprint density at radius 2 is 2.11 bits per heavy atom. The van der Waals surface area contributed by atoms with Crippen molar-refractivity contribution in [2.75, 3.05) is 5.32 Å². The fraction of sp³-hybridized carbons (Fsp3) is 0.133. The summed E-state index contributed by atoms with van der Waals surface area (Å²) in [5.74, 6) is -0.500. The van der Waals surface area contributed by atoms with E-state index >= 15 is 0 Å². The van der Waals surface area contributed by atoms with Gasteiger partial charge in [0.1, 0.15) is 11.9 Å². The van der Waals surface area contributed by atoms with Gasteiger partial charge in [-0.15, -0.1) is 0 Å². The van der Waals surface area contributed by atoms with Gasteiger partial charge in [0, 0.05) is 6.54 Å². The van der Waals surface area contributed by atoms with Crippen LogP contribution in [0.15, 0.2) is 36.4 Å². The Balaban J connectivity index is 2.17. The molecule has 0 aliphatic rings. The van der Waals surface area contributed by atoms with E-state index in [0.29, 0.717) is 11.6 Å². The number of aryl methyl sites for hydroxylation is 1. The molecule has 0 amide bonds. The molecule has 0 atom stereocenters. The maximum absolute atomic E-state index is 13.2. The zero-order chi connectivity index (χ0) is 13.8. The maximum Gasteiger partial charge on any atom is 0.140 e. The highest BCUT2D eigenvalue weighted by atomic mass is 35.5. The highest BCUT2D eigenvalue weighted by molar-refractivity contribution is 6.33. The van der Waals surface area contributed by atoms with E-state index in [9.17, 15) is 4.39 Å². The summed E-state index contributed by atoms with van der Waals surface area (Å²) in [6, 6.07) is 12.0. The van der Waals surface area contributed by atoms with Gasteiger partial charge in [0.25, 0.3) is 0 Å². The Kier molecular flexibility index (Phi) is 4.03.